The van der Waals surface area contributed by atoms with Crippen LogP contribution in [0, 0.1) is 0 Å². The summed E-state index contributed by atoms with van der Waals surface area (Å²) in [6, 6.07) is 14.8. The van der Waals surface area contributed by atoms with Crippen LogP contribution >= 0.6 is 12.4 Å². The topological polar surface area (TPSA) is 59.2 Å². The molecule has 2 aromatic rings. The Morgan fingerprint density at radius 2 is 1.86 bits per heavy atom. The zero-order valence-corrected chi connectivity index (χ0v) is 12.8. The summed E-state index contributed by atoms with van der Waals surface area (Å²) >= 11 is 0. The number of carbonyl (C=O) groups is 1. The Morgan fingerprint density at radius 1 is 1.14 bits per heavy atom. The van der Waals surface area contributed by atoms with E-state index < -0.39 is 0 Å². The number of benzene rings is 1. The number of unbranched alkanes of at least 4 members (excludes halogenated alkanes) is 1. The number of carbonyl (C=O) groups excluding carboxylic acids is 1. The molecule has 0 saturated carbocycles. The largest absolute Gasteiger partial charge is 0.384 e. The van der Waals surface area contributed by atoms with Gasteiger partial charge in [0.05, 0.1) is 0 Å². The van der Waals surface area contributed by atoms with Crippen molar-refractivity contribution in [3.63, 3.8) is 0 Å². The van der Waals surface area contributed by atoms with Gasteiger partial charge in [-0.1, -0.05) is 37.6 Å². The lowest BCUT2D eigenvalue weighted by molar-refractivity contribution is 0.0982. The lowest BCUT2D eigenvalue weighted by Crippen LogP contribution is -2.32. The zero-order valence-electron chi connectivity index (χ0n) is 12.0. The van der Waals surface area contributed by atoms with E-state index in [0.717, 1.165) is 18.5 Å². The highest BCUT2D eigenvalue weighted by atomic mass is 35.5. The third kappa shape index (κ3) is 4.46. The Balaban J connectivity index is 0.00000220. The van der Waals surface area contributed by atoms with E-state index in [0.29, 0.717) is 18.1 Å². The fourth-order valence-electron chi connectivity index (χ4n) is 1.98. The molecule has 1 heterocycles. The summed E-state index contributed by atoms with van der Waals surface area (Å²) in [5.41, 5.74) is 6.92. The Kier molecular flexibility index (Phi) is 6.69. The summed E-state index contributed by atoms with van der Waals surface area (Å²) in [7, 11) is 0. The summed E-state index contributed by atoms with van der Waals surface area (Å²) in [5, 5.41) is 0. The summed E-state index contributed by atoms with van der Waals surface area (Å²) < 4.78 is 0. The molecule has 0 radical (unpaired) electrons. The van der Waals surface area contributed by atoms with Crippen LogP contribution in [-0.4, -0.2) is 17.4 Å². The summed E-state index contributed by atoms with van der Waals surface area (Å²) in [5.74, 6) is 0.247. The molecule has 2 N–H and O–H groups in total. The van der Waals surface area contributed by atoms with Crippen LogP contribution in [0.25, 0.3) is 0 Å². The molecule has 0 aliphatic heterocycles. The molecule has 4 nitrogen and oxygen atoms in total. The number of para-hydroxylation sites is 1. The number of hydrogen-bond acceptors (Lipinski definition) is 3. The van der Waals surface area contributed by atoms with Crippen molar-refractivity contribution in [1.82, 2.24) is 4.98 Å². The van der Waals surface area contributed by atoms with Gasteiger partial charge in [-0.2, -0.15) is 0 Å². The molecular formula is C16H20ClN3O. The van der Waals surface area contributed by atoms with Crippen molar-refractivity contribution in [2.45, 2.75) is 19.8 Å². The normalized spacial score (nSPS) is 9.76. The van der Waals surface area contributed by atoms with Crippen molar-refractivity contribution in [3.8, 4) is 0 Å². The molecule has 0 bridgehead atoms. The first-order valence-corrected chi connectivity index (χ1v) is 6.82. The second-order valence-corrected chi connectivity index (χ2v) is 4.59. The quantitative estimate of drug-likeness (QED) is 0.919. The zero-order chi connectivity index (χ0) is 14.4. The molecular weight excluding hydrogens is 286 g/mol. The molecule has 1 aromatic carbocycles. The van der Waals surface area contributed by atoms with E-state index in [2.05, 4.69) is 11.9 Å². The Bertz CT molecular complexity index is 575. The average Bonchev–Trinajstić information content (AvgIpc) is 2.48. The van der Waals surface area contributed by atoms with Gasteiger partial charge >= 0.3 is 0 Å². The van der Waals surface area contributed by atoms with Crippen molar-refractivity contribution in [2.75, 3.05) is 17.2 Å². The molecule has 2 rings (SSSR count). The first kappa shape index (κ1) is 17.0. The van der Waals surface area contributed by atoms with Crippen LogP contribution in [0.2, 0.25) is 0 Å². The van der Waals surface area contributed by atoms with Crippen LogP contribution in [-0.2, 0) is 0 Å². The predicted molar refractivity (Wildman–Crippen MR) is 88.9 cm³/mol. The molecule has 0 unspecified atom stereocenters. The number of pyridine rings is 1. The van der Waals surface area contributed by atoms with Crippen molar-refractivity contribution in [3.05, 3.63) is 54.2 Å². The highest BCUT2D eigenvalue weighted by Gasteiger charge is 2.18. The Hall–Kier alpha value is -2.07. The van der Waals surface area contributed by atoms with Crippen molar-refractivity contribution >= 4 is 29.8 Å². The van der Waals surface area contributed by atoms with Crippen LogP contribution in [0.1, 0.15) is 30.3 Å². The third-order valence-corrected chi connectivity index (χ3v) is 3.04. The minimum absolute atomic E-state index is 0. The first-order chi connectivity index (χ1) is 9.72. The Labute approximate surface area is 131 Å². The number of hydrogen-bond donors (Lipinski definition) is 1. The van der Waals surface area contributed by atoms with Gasteiger partial charge in [-0.3, -0.25) is 4.79 Å². The number of anilines is 2. The van der Waals surface area contributed by atoms with Gasteiger partial charge in [-0.05, 0) is 30.7 Å². The second-order valence-electron chi connectivity index (χ2n) is 4.59. The Morgan fingerprint density at radius 3 is 2.48 bits per heavy atom. The van der Waals surface area contributed by atoms with Gasteiger partial charge in [0, 0.05) is 12.2 Å². The van der Waals surface area contributed by atoms with Gasteiger partial charge in [-0.15, -0.1) is 12.4 Å². The molecule has 5 heteroatoms. The maximum Gasteiger partial charge on any atom is 0.276 e. The first-order valence-electron chi connectivity index (χ1n) is 6.82. The molecule has 21 heavy (non-hydrogen) atoms. The fourth-order valence-corrected chi connectivity index (χ4v) is 1.98. The van der Waals surface area contributed by atoms with Gasteiger partial charge in [-0.25, -0.2) is 4.98 Å². The average molecular weight is 306 g/mol. The number of halogens is 1. The van der Waals surface area contributed by atoms with Gasteiger partial charge < -0.3 is 10.6 Å². The second kappa shape index (κ2) is 8.27. The van der Waals surface area contributed by atoms with E-state index in [1.165, 1.54) is 0 Å². The number of amides is 1. The lowest BCUT2D eigenvalue weighted by Gasteiger charge is -2.22. The summed E-state index contributed by atoms with van der Waals surface area (Å²) in [6.07, 6.45) is 1.98. The standard InChI is InChI=1S/C16H19N3O.ClH/c1-2-3-12-19(13-8-5-4-6-9-13)16(20)14-10-7-11-15(17)18-14;/h4-11H,2-3,12H2,1H3,(H2,17,18);1H. The van der Waals surface area contributed by atoms with E-state index in [4.69, 9.17) is 5.73 Å². The van der Waals surface area contributed by atoms with Crippen LogP contribution in [0.4, 0.5) is 11.5 Å². The van der Waals surface area contributed by atoms with Gasteiger partial charge in [0.1, 0.15) is 11.5 Å². The number of nitrogens with zero attached hydrogens (tertiary/aromatic N) is 2. The molecule has 0 atom stereocenters. The van der Waals surface area contributed by atoms with Crippen LogP contribution in [0.15, 0.2) is 48.5 Å². The number of rotatable bonds is 5. The highest BCUT2D eigenvalue weighted by Crippen LogP contribution is 2.17. The van der Waals surface area contributed by atoms with E-state index >= 15 is 0 Å². The van der Waals surface area contributed by atoms with E-state index in [9.17, 15) is 4.79 Å². The molecule has 1 aromatic heterocycles. The van der Waals surface area contributed by atoms with E-state index in [1.807, 2.05) is 30.3 Å². The third-order valence-electron chi connectivity index (χ3n) is 3.04. The molecule has 0 saturated heterocycles. The van der Waals surface area contributed by atoms with Crippen molar-refractivity contribution in [2.24, 2.45) is 0 Å². The lowest BCUT2D eigenvalue weighted by atomic mass is 10.2. The summed E-state index contributed by atoms with van der Waals surface area (Å²) in [6.45, 7) is 2.78. The predicted octanol–water partition coefficient (Wildman–Crippen LogP) is 3.53. The monoisotopic (exact) mass is 305 g/mol. The van der Waals surface area contributed by atoms with Crippen LogP contribution in [0.5, 0.6) is 0 Å². The van der Waals surface area contributed by atoms with Crippen molar-refractivity contribution < 1.29 is 4.79 Å². The van der Waals surface area contributed by atoms with Gasteiger partial charge in [0.25, 0.3) is 5.91 Å². The molecule has 0 aliphatic rings. The molecule has 1 amide bonds. The smallest absolute Gasteiger partial charge is 0.276 e. The van der Waals surface area contributed by atoms with Gasteiger partial charge in [0.15, 0.2) is 0 Å². The highest BCUT2D eigenvalue weighted by molar-refractivity contribution is 6.04. The molecule has 0 spiro atoms. The minimum atomic E-state index is -0.114. The maximum absolute atomic E-state index is 12.6. The van der Waals surface area contributed by atoms with Gasteiger partial charge in [0.2, 0.25) is 0 Å². The molecule has 0 aliphatic carbocycles. The number of nitrogens with two attached hydrogens (primary N) is 1. The minimum Gasteiger partial charge on any atom is -0.384 e. The van der Waals surface area contributed by atoms with Crippen LogP contribution in [0.3, 0.4) is 0 Å². The molecule has 112 valence electrons. The fraction of sp³-hybridized carbons (Fsp3) is 0.250. The van der Waals surface area contributed by atoms with E-state index in [-0.39, 0.29) is 18.3 Å². The van der Waals surface area contributed by atoms with E-state index in [1.54, 1.807) is 23.1 Å². The van der Waals surface area contributed by atoms with Crippen molar-refractivity contribution in [1.29, 1.82) is 0 Å². The molecule has 0 fully saturated rings. The number of nitrogen functional groups attached to an aromatic ring is 1. The SMILES string of the molecule is CCCCN(C(=O)c1cccc(N)n1)c1ccccc1.Cl. The van der Waals surface area contributed by atoms with Crippen LogP contribution < -0.4 is 10.6 Å². The number of aromatic nitrogens is 1. The summed E-state index contributed by atoms with van der Waals surface area (Å²) in [4.78, 5) is 18.5. The maximum atomic E-state index is 12.6.